The van der Waals surface area contributed by atoms with Crippen molar-refractivity contribution >= 4 is 26.9 Å². The summed E-state index contributed by atoms with van der Waals surface area (Å²) in [7, 11) is -3.62. The normalized spacial score (nSPS) is 12.3. The van der Waals surface area contributed by atoms with Gasteiger partial charge in [0.1, 0.15) is 5.52 Å². The SMILES string of the molecule is Cc1ccc2oc(C(C)(C)c3ccc(S(=O)(=O)/C=C/C#N)cc3)nc2c1.O=C(O)C(F)(F)F. The predicted octanol–water partition coefficient (Wildman–Crippen LogP) is 4.91. The summed E-state index contributed by atoms with van der Waals surface area (Å²) in [6.07, 6.45) is -4.13. The zero-order valence-corrected chi connectivity index (χ0v) is 18.5. The van der Waals surface area contributed by atoms with Crippen molar-refractivity contribution in [2.45, 2.75) is 37.3 Å². The van der Waals surface area contributed by atoms with Gasteiger partial charge >= 0.3 is 12.1 Å². The van der Waals surface area contributed by atoms with Gasteiger partial charge in [0, 0.05) is 11.5 Å². The predicted molar refractivity (Wildman–Crippen MR) is 113 cm³/mol. The highest BCUT2D eigenvalue weighted by molar-refractivity contribution is 7.94. The number of oxazole rings is 1. The number of allylic oxidation sites excluding steroid dienone is 1. The molecular weight excluding hydrogens is 461 g/mol. The van der Waals surface area contributed by atoms with E-state index in [4.69, 9.17) is 19.6 Å². The third kappa shape index (κ3) is 6.20. The molecule has 0 radical (unpaired) electrons. The summed E-state index contributed by atoms with van der Waals surface area (Å²) < 4.78 is 61.9. The Morgan fingerprint density at radius 3 is 2.24 bits per heavy atom. The smallest absolute Gasteiger partial charge is 0.475 e. The van der Waals surface area contributed by atoms with Crippen LogP contribution >= 0.6 is 0 Å². The largest absolute Gasteiger partial charge is 0.490 e. The first-order chi connectivity index (χ1) is 15.2. The first-order valence-electron chi connectivity index (χ1n) is 9.28. The third-order valence-electron chi connectivity index (χ3n) is 4.55. The van der Waals surface area contributed by atoms with Crippen molar-refractivity contribution in [1.29, 1.82) is 5.26 Å². The Hall–Kier alpha value is -3.65. The second kappa shape index (κ2) is 9.46. The maximum absolute atomic E-state index is 12.1. The van der Waals surface area contributed by atoms with Crippen LogP contribution in [0.2, 0.25) is 0 Å². The van der Waals surface area contributed by atoms with Crippen LogP contribution in [0.15, 0.2) is 63.3 Å². The van der Waals surface area contributed by atoms with E-state index in [9.17, 15) is 21.6 Å². The number of aliphatic carboxylic acids is 1. The van der Waals surface area contributed by atoms with E-state index in [-0.39, 0.29) is 4.90 Å². The zero-order chi connectivity index (χ0) is 25.0. The van der Waals surface area contributed by atoms with Gasteiger partial charge < -0.3 is 9.52 Å². The van der Waals surface area contributed by atoms with Crippen molar-refractivity contribution in [2.24, 2.45) is 0 Å². The molecule has 3 rings (SSSR count). The number of nitrogens with zero attached hydrogens (tertiary/aromatic N) is 2. The van der Waals surface area contributed by atoms with Gasteiger partial charge in [-0.05, 0) is 56.2 Å². The van der Waals surface area contributed by atoms with Crippen LogP contribution in [-0.4, -0.2) is 30.7 Å². The first kappa shape index (κ1) is 25.6. The molecule has 0 amide bonds. The lowest BCUT2D eigenvalue weighted by Crippen LogP contribution is -2.21. The molecular formula is C22H19F3N2O5S. The van der Waals surface area contributed by atoms with Gasteiger partial charge in [0.05, 0.1) is 16.4 Å². The molecule has 0 unspecified atom stereocenters. The lowest BCUT2D eigenvalue weighted by Gasteiger charge is -2.21. The molecule has 0 atom stereocenters. The Bertz CT molecular complexity index is 1330. The fraction of sp³-hybridized carbons (Fsp3) is 0.227. The van der Waals surface area contributed by atoms with Crippen LogP contribution < -0.4 is 0 Å². The van der Waals surface area contributed by atoms with E-state index in [0.29, 0.717) is 5.89 Å². The van der Waals surface area contributed by atoms with Gasteiger partial charge in [-0.25, -0.2) is 18.2 Å². The molecule has 0 aliphatic carbocycles. The van der Waals surface area contributed by atoms with E-state index < -0.39 is 27.4 Å². The van der Waals surface area contributed by atoms with Crippen molar-refractivity contribution in [2.75, 3.05) is 0 Å². The summed E-state index contributed by atoms with van der Waals surface area (Å²) in [5, 5.41) is 16.5. The maximum atomic E-state index is 12.1. The number of carbonyl (C=O) groups is 1. The molecule has 174 valence electrons. The van der Waals surface area contributed by atoms with E-state index in [1.54, 1.807) is 18.2 Å². The number of rotatable bonds is 4. The molecule has 0 bridgehead atoms. The first-order valence-corrected chi connectivity index (χ1v) is 10.8. The molecule has 1 aromatic heterocycles. The third-order valence-corrected chi connectivity index (χ3v) is 5.97. The van der Waals surface area contributed by atoms with Crippen molar-refractivity contribution in [3.63, 3.8) is 0 Å². The molecule has 1 N–H and O–H groups in total. The number of sulfone groups is 1. The molecule has 3 aromatic rings. The summed E-state index contributed by atoms with van der Waals surface area (Å²) in [6.45, 7) is 5.95. The van der Waals surface area contributed by atoms with E-state index >= 15 is 0 Å². The summed E-state index contributed by atoms with van der Waals surface area (Å²) >= 11 is 0. The molecule has 0 aliphatic heterocycles. The van der Waals surface area contributed by atoms with Crippen LogP contribution in [0.1, 0.15) is 30.9 Å². The van der Waals surface area contributed by atoms with Gasteiger partial charge in [0.25, 0.3) is 0 Å². The number of aryl methyl sites for hydroxylation is 1. The van der Waals surface area contributed by atoms with Gasteiger partial charge in [-0.3, -0.25) is 0 Å². The number of nitriles is 1. The van der Waals surface area contributed by atoms with Gasteiger partial charge in [0.15, 0.2) is 5.58 Å². The van der Waals surface area contributed by atoms with E-state index in [1.165, 1.54) is 12.1 Å². The number of aromatic nitrogens is 1. The summed E-state index contributed by atoms with van der Waals surface area (Å²) in [5.41, 5.74) is 2.98. The lowest BCUT2D eigenvalue weighted by atomic mass is 9.84. The molecule has 7 nitrogen and oxygen atoms in total. The van der Waals surface area contributed by atoms with Crippen LogP contribution in [-0.2, 0) is 20.0 Å². The fourth-order valence-corrected chi connectivity index (χ4v) is 3.60. The molecule has 0 saturated heterocycles. The molecule has 0 saturated carbocycles. The lowest BCUT2D eigenvalue weighted by molar-refractivity contribution is -0.192. The number of hydrogen-bond donors (Lipinski definition) is 1. The van der Waals surface area contributed by atoms with Crippen LogP contribution in [0.3, 0.4) is 0 Å². The number of carboxylic acid groups (broad SMARTS) is 1. The van der Waals surface area contributed by atoms with E-state index in [1.807, 2.05) is 39.0 Å². The zero-order valence-electron chi connectivity index (χ0n) is 17.7. The van der Waals surface area contributed by atoms with Crippen molar-refractivity contribution in [3.05, 3.63) is 71.0 Å². The minimum Gasteiger partial charge on any atom is -0.475 e. The molecule has 0 aliphatic rings. The second-order valence-electron chi connectivity index (χ2n) is 7.42. The molecule has 11 heteroatoms. The van der Waals surface area contributed by atoms with Crippen molar-refractivity contribution < 1.29 is 35.9 Å². The van der Waals surface area contributed by atoms with Crippen LogP contribution in [0.25, 0.3) is 11.1 Å². The average Bonchev–Trinajstić information content (AvgIpc) is 3.16. The Balaban J connectivity index is 0.000000479. The van der Waals surface area contributed by atoms with Gasteiger partial charge in [0.2, 0.25) is 15.7 Å². The van der Waals surface area contributed by atoms with Crippen molar-refractivity contribution in [1.82, 2.24) is 4.98 Å². The molecule has 2 aromatic carbocycles. The molecule has 33 heavy (non-hydrogen) atoms. The number of alkyl halides is 3. The summed E-state index contributed by atoms with van der Waals surface area (Å²) in [4.78, 5) is 13.6. The highest BCUT2D eigenvalue weighted by Gasteiger charge is 2.38. The number of fused-ring (bicyclic) bond motifs is 1. The number of carboxylic acids is 1. The fourth-order valence-electron chi connectivity index (χ4n) is 2.69. The number of hydrogen-bond acceptors (Lipinski definition) is 6. The molecule has 1 heterocycles. The highest BCUT2D eigenvalue weighted by Crippen LogP contribution is 2.33. The van der Waals surface area contributed by atoms with Crippen LogP contribution in [0.5, 0.6) is 0 Å². The summed E-state index contributed by atoms with van der Waals surface area (Å²) in [6, 6.07) is 14.1. The Kier molecular flexibility index (Phi) is 7.34. The standard InChI is InChI=1S/C20H18N2O3S.C2HF3O2/c1-14-5-10-18-17(13-14)22-19(25-18)20(2,3)15-6-8-16(9-7-15)26(23,24)12-4-11-21;3-2(4,5)1(6)7/h4-10,12-13H,1-3H3;(H,6,7)/b12-4+;. The van der Waals surface area contributed by atoms with E-state index in [2.05, 4.69) is 4.98 Å². The minimum atomic E-state index is -5.08. The molecule has 0 fully saturated rings. The maximum Gasteiger partial charge on any atom is 0.490 e. The Labute approximate surface area is 187 Å². The average molecular weight is 480 g/mol. The number of benzene rings is 2. The summed E-state index contributed by atoms with van der Waals surface area (Å²) in [5.74, 6) is -2.19. The highest BCUT2D eigenvalue weighted by atomic mass is 32.2. The minimum absolute atomic E-state index is 0.136. The quantitative estimate of drug-likeness (QED) is 0.527. The van der Waals surface area contributed by atoms with Gasteiger partial charge in [-0.15, -0.1) is 0 Å². The van der Waals surface area contributed by atoms with Crippen LogP contribution in [0, 0.1) is 18.3 Å². The number of halogens is 3. The Morgan fingerprint density at radius 1 is 1.15 bits per heavy atom. The molecule has 0 spiro atoms. The van der Waals surface area contributed by atoms with Crippen molar-refractivity contribution in [3.8, 4) is 6.07 Å². The Morgan fingerprint density at radius 2 is 1.73 bits per heavy atom. The van der Waals surface area contributed by atoms with Gasteiger partial charge in [-0.1, -0.05) is 18.2 Å². The topological polar surface area (TPSA) is 121 Å². The monoisotopic (exact) mass is 480 g/mol. The van der Waals surface area contributed by atoms with Gasteiger partial charge in [-0.2, -0.15) is 18.4 Å². The van der Waals surface area contributed by atoms with Crippen LogP contribution in [0.4, 0.5) is 13.2 Å². The van der Waals surface area contributed by atoms with E-state index in [0.717, 1.165) is 33.7 Å². The second-order valence-corrected chi connectivity index (χ2v) is 9.25.